The Kier molecular flexibility index (Phi) is 11.7. The number of para-hydroxylation sites is 1. The number of nitrogens with one attached hydrogen (secondary N) is 1. The van der Waals surface area contributed by atoms with Gasteiger partial charge < -0.3 is 20.5 Å². The molecule has 0 bridgehead atoms. The molecule has 4 rings (SSSR count). The SMILES string of the molecule is CC(C)C[C@H](C(=O)Cc1cncn1Cc1ccc(C#N)cc1)C(N)N(Cc1ccccc1C(F)(F)F)C(=S)Nc1ccccc1Br. The van der Waals surface area contributed by atoms with Crippen LogP contribution in [0.15, 0.2) is 89.8 Å². The Morgan fingerprint density at radius 1 is 1.11 bits per heavy atom. The lowest BCUT2D eigenvalue weighted by Crippen LogP contribution is -2.53. The van der Waals surface area contributed by atoms with Crippen LogP contribution in [0.5, 0.6) is 0 Å². The number of hydrogen-bond donors (Lipinski definition) is 2. The maximum Gasteiger partial charge on any atom is 0.416 e. The Hall–Kier alpha value is -4.05. The molecule has 7 nitrogen and oxygen atoms in total. The molecule has 3 N–H and O–H groups in total. The van der Waals surface area contributed by atoms with Crippen LogP contribution in [-0.2, 0) is 30.5 Å². The van der Waals surface area contributed by atoms with Crippen LogP contribution in [0.2, 0.25) is 0 Å². The van der Waals surface area contributed by atoms with Crippen LogP contribution >= 0.6 is 28.1 Å². The first-order valence-corrected chi connectivity index (χ1v) is 15.8. The van der Waals surface area contributed by atoms with Crippen molar-refractivity contribution in [1.29, 1.82) is 5.26 Å². The Morgan fingerprint density at radius 3 is 2.43 bits per heavy atom. The van der Waals surface area contributed by atoms with Gasteiger partial charge in [0.25, 0.3) is 0 Å². The number of alkyl halides is 3. The third-order valence-corrected chi connectivity index (χ3v) is 8.57. The Labute approximate surface area is 280 Å². The molecule has 0 radical (unpaired) electrons. The highest BCUT2D eigenvalue weighted by Crippen LogP contribution is 2.33. The average Bonchev–Trinajstić information content (AvgIpc) is 3.45. The second kappa shape index (κ2) is 15.5. The van der Waals surface area contributed by atoms with Crippen LogP contribution < -0.4 is 11.1 Å². The van der Waals surface area contributed by atoms with Crippen LogP contribution in [0.4, 0.5) is 18.9 Å². The Bertz CT molecular complexity index is 1700. The summed E-state index contributed by atoms with van der Waals surface area (Å²) in [6.45, 7) is 4.09. The molecule has 4 aromatic rings. The van der Waals surface area contributed by atoms with E-state index >= 15 is 0 Å². The molecule has 1 aromatic heterocycles. The number of Topliss-reactive ketones (excluding diaryl/α,β-unsaturated/α-hetero) is 1. The number of carbonyl (C=O) groups is 1. The van der Waals surface area contributed by atoms with E-state index in [4.69, 9.17) is 23.2 Å². The third-order valence-electron chi connectivity index (χ3n) is 7.54. The van der Waals surface area contributed by atoms with Gasteiger partial charge in [-0.05, 0) is 81.9 Å². The first kappa shape index (κ1) is 34.8. The van der Waals surface area contributed by atoms with Crippen molar-refractivity contribution in [2.24, 2.45) is 17.6 Å². The summed E-state index contributed by atoms with van der Waals surface area (Å²) in [5.41, 5.74) is 8.80. The molecule has 0 aliphatic rings. The fourth-order valence-electron chi connectivity index (χ4n) is 5.20. The van der Waals surface area contributed by atoms with Crippen molar-refractivity contribution in [3.8, 4) is 6.07 Å². The molecule has 1 heterocycles. The largest absolute Gasteiger partial charge is 0.416 e. The molecule has 2 atom stereocenters. The summed E-state index contributed by atoms with van der Waals surface area (Å²) in [7, 11) is 0. The standard InChI is InChI=1S/C34H34BrF3N6OS/c1-22(2)15-27(31(45)16-26-18-41-21-43(26)19-24-13-11-23(17-39)12-14-24)32(40)44(33(46)42-30-10-6-5-9-29(30)35)20-25-7-3-4-8-28(25)34(36,37)38/h3-14,18,21-22,27,32H,15-16,19-20,40H2,1-2H3,(H,42,46)/t27-,32?/m1/s1. The van der Waals surface area contributed by atoms with E-state index in [2.05, 4.69) is 32.3 Å². The summed E-state index contributed by atoms with van der Waals surface area (Å²) in [6.07, 6.45) is -1.98. The number of ketones is 1. The van der Waals surface area contributed by atoms with Gasteiger partial charge in [0.2, 0.25) is 0 Å². The van der Waals surface area contributed by atoms with Gasteiger partial charge in [-0.3, -0.25) is 4.79 Å². The van der Waals surface area contributed by atoms with E-state index in [-0.39, 0.29) is 35.3 Å². The molecule has 12 heteroatoms. The van der Waals surface area contributed by atoms with E-state index < -0.39 is 23.8 Å². The summed E-state index contributed by atoms with van der Waals surface area (Å²) in [4.78, 5) is 19.8. The molecule has 0 fully saturated rings. The van der Waals surface area contributed by atoms with Crippen molar-refractivity contribution in [1.82, 2.24) is 14.5 Å². The number of hydrogen-bond acceptors (Lipinski definition) is 5. The van der Waals surface area contributed by atoms with Crippen molar-refractivity contribution >= 4 is 44.7 Å². The molecule has 0 spiro atoms. The van der Waals surface area contributed by atoms with Crippen molar-refractivity contribution < 1.29 is 18.0 Å². The lowest BCUT2D eigenvalue weighted by molar-refractivity contribution is -0.138. The zero-order chi connectivity index (χ0) is 33.4. The van der Waals surface area contributed by atoms with E-state index in [1.54, 1.807) is 42.9 Å². The maximum absolute atomic E-state index is 14.1. The van der Waals surface area contributed by atoms with Crippen molar-refractivity contribution in [2.75, 3.05) is 5.32 Å². The minimum atomic E-state index is -4.59. The lowest BCUT2D eigenvalue weighted by atomic mass is 9.88. The Morgan fingerprint density at radius 2 is 1.78 bits per heavy atom. The van der Waals surface area contributed by atoms with E-state index in [0.29, 0.717) is 34.4 Å². The predicted molar refractivity (Wildman–Crippen MR) is 179 cm³/mol. The van der Waals surface area contributed by atoms with Gasteiger partial charge in [-0.25, -0.2) is 4.98 Å². The fourth-order valence-corrected chi connectivity index (χ4v) is 5.88. The number of aromatic nitrogens is 2. The molecular formula is C34H34BrF3N6OS. The summed E-state index contributed by atoms with van der Waals surface area (Å²) in [6, 6.07) is 21.7. The van der Waals surface area contributed by atoms with E-state index in [1.807, 2.05) is 36.6 Å². The number of thiocarbonyl (C=S) groups is 1. The number of rotatable bonds is 12. The lowest BCUT2D eigenvalue weighted by Gasteiger charge is -2.37. The maximum atomic E-state index is 14.1. The molecule has 0 saturated carbocycles. The molecule has 1 unspecified atom stereocenters. The normalized spacial score (nSPS) is 12.8. The summed E-state index contributed by atoms with van der Waals surface area (Å²) >= 11 is 9.24. The van der Waals surface area contributed by atoms with Crippen molar-refractivity contribution in [2.45, 2.75) is 52.1 Å². The first-order valence-electron chi connectivity index (χ1n) is 14.6. The van der Waals surface area contributed by atoms with Gasteiger partial charge in [0.05, 0.1) is 41.3 Å². The number of imidazole rings is 1. The number of anilines is 1. The van der Waals surface area contributed by atoms with Gasteiger partial charge in [-0.15, -0.1) is 0 Å². The Balaban J connectivity index is 1.65. The molecule has 3 aromatic carbocycles. The summed E-state index contributed by atoms with van der Waals surface area (Å²) < 4.78 is 44.6. The first-order chi connectivity index (χ1) is 21.9. The smallest absolute Gasteiger partial charge is 0.332 e. The minimum Gasteiger partial charge on any atom is -0.332 e. The number of nitrogens with two attached hydrogens (primary N) is 1. The number of nitriles is 1. The van der Waals surface area contributed by atoms with E-state index in [9.17, 15) is 18.0 Å². The van der Waals surface area contributed by atoms with Crippen molar-refractivity contribution in [3.05, 3.63) is 118 Å². The zero-order valence-corrected chi connectivity index (χ0v) is 27.7. The van der Waals surface area contributed by atoms with Crippen LogP contribution in [0.1, 0.15) is 48.2 Å². The fraction of sp³-hybridized carbons (Fsp3) is 0.294. The van der Waals surface area contributed by atoms with Gasteiger partial charge in [-0.2, -0.15) is 18.4 Å². The molecule has 240 valence electrons. The van der Waals surface area contributed by atoms with Gasteiger partial charge in [-0.1, -0.05) is 56.3 Å². The van der Waals surface area contributed by atoms with Gasteiger partial charge in [0.15, 0.2) is 5.11 Å². The number of nitrogens with zero attached hydrogens (tertiary/aromatic N) is 4. The van der Waals surface area contributed by atoms with Crippen LogP contribution in [-0.4, -0.2) is 31.5 Å². The summed E-state index contributed by atoms with van der Waals surface area (Å²) in [5, 5.41) is 12.3. The number of halogens is 4. The molecule has 0 amide bonds. The minimum absolute atomic E-state index is 0.0127. The molecular weight excluding hydrogens is 677 g/mol. The predicted octanol–water partition coefficient (Wildman–Crippen LogP) is 7.54. The second-order valence-electron chi connectivity index (χ2n) is 11.4. The zero-order valence-electron chi connectivity index (χ0n) is 25.3. The van der Waals surface area contributed by atoms with Crippen LogP contribution in [0.3, 0.4) is 0 Å². The second-order valence-corrected chi connectivity index (χ2v) is 12.6. The highest BCUT2D eigenvalue weighted by molar-refractivity contribution is 9.10. The number of carbonyl (C=O) groups excluding carboxylic acids is 1. The quantitative estimate of drug-likeness (QED) is 0.116. The highest BCUT2D eigenvalue weighted by Gasteiger charge is 2.36. The van der Waals surface area contributed by atoms with Crippen molar-refractivity contribution in [3.63, 3.8) is 0 Å². The van der Waals surface area contributed by atoms with E-state index in [1.165, 1.54) is 23.1 Å². The average molecular weight is 712 g/mol. The van der Waals surface area contributed by atoms with Gasteiger partial charge >= 0.3 is 6.18 Å². The molecule has 0 saturated heterocycles. The van der Waals surface area contributed by atoms with E-state index in [0.717, 1.165) is 11.6 Å². The molecule has 0 aliphatic heterocycles. The van der Waals surface area contributed by atoms with Crippen LogP contribution in [0.25, 0.3) is 0 Å². The third kappa shape index (κ3) is 9.02. The number of benzene rings is 3. The molecule has 46 heavy (non-hydrogen) atoms. The molecule has 0 aliphatic carbocycles. The van der Waals surface area contributed by atoms with Crippen LogP contribution in [0, 0.1) is 23.2 Å². The monoisotopic (exact) mass is 710 g/mol. The van der Waals surface area contributed by atoms with Gasteiger partial charge in [0.1, 0.15) is 5.78 Å². The summed E-state index contributed by atoms with van der Waals surface area (Å²) in [5.74, 6) is -0.895. The topological polar surface area (TPSA) is 100.0 Å². The van der Waals surface area contributed by atoms with Gasteiger partial charge in [0, 0.05) is 35.9 Å². The highest BCUT2D eigenvalue weighted by atomic mass is 79.9.